The molecule has 0 aliphatic carbocycles. The SMILES string of the molecule is O=C(CSc1ccc(NC(=O)c2cccc(F)c2)nn1)c1ccccc1. The van der Waals surface area contributed by atoms with E-state index in [1.807, 2.05) is 18.2 Å². The van der Waals surface area contributed by atoms with Gasteiger partial charge in [-0.1, -0.05) is 48.2 Å². The quantitative estimate of drug-likeness (QED) is 0.529. The summed E-state index contributed by atoms with van der Waals surface area (Å²) in [7, 11) is 0. The summed E-state index contributed by atoms with van der Waals surface area (Å²) in [5.74, 6) is -0.468. The lowest BCUT2D eigenvalue weighted by Crippen LogP contribution is -2.13. The van der Waals surface area contributed by atoms with Gasteiger partial charge in [-0.2, -0.15) is 0 Å². The fraction of sp³-hybridized carbons (Fsp3) is 0.0526. The number of halogens is 1. The first kappa shape index (κ1) is 17.8. The second-order valence-electron chi connectivity index (χ2n) is 5.30. The van der Waals surface area contributed by atoms with Crippen molar-refractivity contribution in [3.8, 4) is 0 Å². The summed E-state index contributed by atoms with van der Waals surface area (Å²) in [6.07, 6.45) is 0. The molecule has 0 unspecified atom stereocenters. The van der Waals surface area contributed by atoms with E-state index in [4.69, 9.17) is 0 Å². The maximum atomic E-state index is 13.2. The molecule has 5 nitrogen and oxygen atoms in total. The number of hydrogen-bond donors (Lipinski definition) is 1. The molecule has 1 N–H and O–H groups in total. The second-order valence-corrected chi connectivity index (χ2v) is 6.29. The number of amides is 1. The van der Waals surface area contributed by atoms with Crippen molar-refractivity contribution in [3.05, 3.63) is 83.7 Å². The van der Waals surface area contributed by atoms with Gasteiger partial charge in [0.05, 0.1) is 5.75 Å². The number of nitrogens with one attached hydrogen (secondary N) is 1. The summed E-state index contributed by atoms with van der Waals surface area (Å²) in [4.78, 5) is 24.1. The van der Waals surface area contributed by atoms with Crippen LogP contribution in [0.25, 0.3) is 0 Å². The molecule has 2 aromatic carbocycles. The zero-order valence-electron chi connectivity index (χ0n) is 13.6. The van der Waals surface area contributed by atoms with Crippen molar-refractivity contribution in [1.29, 1.82) is 0 Å². The molecule has 0 saturated heterocycles. The fourth-order valence-electron chi connectivity index (χ4n) is 2.13. The van der Waals surface area contributed by atoms with E-state index in [-0.39, 0.29) is 22.9 Å². The highest BCUT2D eigenvalue weighted by Gasteiger charge is 2.10. The lowest BCUT2D eigenvalue weighted by atomic mass is 10.2. The molecule has 3 aromatic rings. The summed E-state index contributed by atoms with van der Waals surface area (Å²) in [6, 6.07) is 17.6. The van der Waals surface area contributed by atoms with Crippen LogP contribution in [-0.4, -0.2) is 27.6 Å². The molecule has 1 aromatic heterocycles. The van der Waals surface area contributed by atoms with Gasteiger partial charge in [-0.15, -0.1) is 10.2 Å². The van der Waals surface area contributed by atoms with Crippen molar-refractivity contribution >= 4 is 29.3 Å². The van der Waals surface area contributed by atoms with E-state index < -0.39 is 11.7 Å². The molecule has 0 aliphatic heterocycles. The van der Waals surface area contributed by atoms with Crippen LogP contribution in [0.3, 0.4) is 0 Å². The van der Waals surface area contributed by atoms with Crippen molar-refractivity contribution < 1.29 is 14.0 Å². The predicted molar refractivity (Wildman–Crippen MR) is 97.9 cm³/mol. The molecule has 0 aliphatic rings. The second kappa shape index (κ2) is 8.35. The molecule has 7 heteroatoms. The maximum Gasteiger partial charge on any atom is 0.256 e. The first-order chi connectivity index (χ1) is 12.6. The van der Waals surface area contributed by atoms with Gasteiger partial charge in [0.2, 0.25) is 0 Å². The maximum absolute atomic E-state index is 13.2. The number of thioether (sulfide) groups is 1. The van der Waals surface area contributed by atoms with Crippen LogP contribution in [0.2, 0.25) is 0 Å². The van der Waals surface area contributed by atoms with Crippen LogP contribution in [0, 0.1) is 5.82 Å². The van der Waals surface area contributed by atoms with E-state index in [2.05, 4.69) is 15.5 Å². The predicted octanol–water partition coefficient (Wildman–Crippen LogP) is 3.84. The van der Waals surface area contributed by atoms with Gasteiger partial charge >= 0.3 is 0 Å². The van der Waals surface area contributed by atoms with E-state index in [1.165, 1.54) is 30.0 Å². The summed E-state index contributed by atoms with van der Waals surface area (Å²) < 4.78 is 13.2. The van der Waals surface area contributed by atoms with E-state index in [0.717, 1.165) is 6.07 Å². The van der Waals surface area contributed by atoms with Gasteiger partial charge in [-0.25, -0.2) is 4.39 Å². The fourth-order valence-corrected chi connectivity index (χ4v) is 2.84. The summed E-state index contributed by atoms with van der Waals surface area (Å²) in [5, 5.41) is 11.0. The Morgan fingerprint density at radius 3 is 2.38 bits per heavy atom. The lowest BCUT2D eigenvalue weighted by molar-refractivity contribution is 0.101. The third-order valence-corrected chi connectivity index (χ3v) is 4.34. The highest BCUT2D eigenvalue weighted by molar-refractivity contribution is 7.99. The molecule has 0 bridgehead atoms. The van der Waals surface area contributed by atoms with Gasteiger partial charge in [-0.05, 0) is 30.3 Å². The highest BCUT2D eigenvalue weighted by Crippen LogP contribution is 2.17. The molecule has 0 radical (unpaired) electrons. The smallest absolute Gasteiger partial charge is 0.256 e. The molecule has 0 atom stereocenters. The zero-order valence-corrected chi connectivity index (χ0v) is 14.4. The van der Waals surface area contributed by atoms with Crippen LogP contribution < -0.4 is 5.32 Å². The largest absolute Gasteiger partial charge is 0.305 e. The minimum Gasteiger partial charge on any atom is -0.305 e. The number of carbonyl (C=O) groups excluding carboxylic acids is 2. The Morgan fingerprint density at radius 1 is 0.923 bits per heavy atom. The average Bonchev–Trinajstić information content (AvgIpc) is 2.68. The summed E-state index contributed by atoms with van der Waals surface area (Å²) in [5.41, 5.74) is 0.839. The Balaban J connectivity index is 1.56. The number of rotatable bonds is 6. The highest BCUT2D eigenvalue weighted by atomic mass is 32.2. The van der Waals surface area contributed by atoms with E-state index >= 15 is 0 Å². The Labute approximate surface area is 153 Å². The number of Topliss-reactive ketones (excluding diaryl/α,β-unsaturated/α-hetero) is 1. The molecule has 26 heavy (non-hydrogen) atoms. The Hall–Kier alpha value is -3.06. The molecular formula is C19H14FN3O2S. The van der Waals surface area contributed by atoms with Crippen molar-refractivity contribution in [2.75, 3.05) is 11.1 Å². The van der Waals surface area contributed by atoms with Crippen molar-refractivity contribution in [1.82, 2.24) is 10.2 Å². The number of nitrogens with zero attached hydrogens (tertiary/aromatic N) is 2. The molecule has 1 amide bonds. The summed E-state index contributed by atoms with van der Waals surface area (Å²) >= 11 is 1.26. The average molecular weight is 367 g/mol. The first-order valence-electron chi connectivity index (χ1n) is 7.73. The van der Waals surface area contributed by atoms with Crippen molar-refractivity contribution in [2.24, 2.45) is 0 Å². The van der Waals surface area contributed by atoms with Gasteiger partial charge in [-0.3, -0.25) is 9.59 Å². The van der Waals surface area contributed by atoms with Crippen LogP contribution in [-0.2, 0) is 0 Å². The van der Waals surface area contributed by atoms with Crippen LogP contribution in [0.15, 0.2) is 71.8 Å². The Morgan fingerprint density at radius 2 is 1.69 bits per heavy atom. The van der Waals surface area contributed by atoms with Gasteiger partial charge in [0, 0.05) is 11.1 Å². The normalized spacial score (nSPS) is 10.3. The number of carbonyl (C=O) groups is 2. The molecule has 1 heterocycles. The van der Waals surface area contributed by atoms with Crippen LogP contribution in [0.1, 0.15) is 20.7 Å². The monoisotopic (exact) mass is 367 g/mol. The van der Waals surface area contributed by atoms with Crippen molar-refractivity contribution in [2.45, 2.75) is 5.03 Å². The van der Waals surface area contributed by atoms with Crippen molar-refractivity contribution in [3.63, 3.8) is 0 Å². The number of benzene rings is 2. The minimum absolute atomic E-state index is 0.000818. The van der Waals surface area contributed by atoms with E-state index in [0.29, 0.717) is 10.6 Å². The minimum atomic E-state index is -0.487. The van der Waals surface area contributed by atoms with Crippen LogP contribution >= 0.6 is 11.8 Å². The molecular weight excluding hydrogens is 353 g/mol. The van der Waals surface area contributed by atoms with Gasteiger partial charge in [0.15, 0.2) is 11.6 Å². The van der Waals surface area contributed by atoms with Gasteiger partial charge in [0.25, 0.3) is 5.91 Å². The standard InChI is InChI=1S/C19H14FN3O2S/c20-15-8-4-7-14(11-15)19(25)21-17-9-10-18(23-22-17)26-12-16(24)13-5-2-1-3-6-13/h1-11H,12H2,(H,21,22,25). The van der Waals surface area contributed by atoms with Crippen LogP contribution in [0.5, 0.6) is 0 Å². The molecule has 3 rings (SSSR count). The van der Waals surface area contributed by atoms with Gasteiger partial charge < -0.3 is 5.32 Å². The third kappa shape index (κ3) is 4.73. The number of anilines is 1. The molecule has 0 fully saturated rings. The first-order valence-corrected chi connectivity index (χ1v) is 8.72. The topological polar surface area (TPSA) is 72.0 Å². The zero-order chi connectivity index (χ0) is 18.4. The van der Waals surface area contributed by atoms with E-state index in [9.17, 15) is 14.0 Å². The number of hydrogen-bond acceptors (Lipinski definition) is 5. The number of aromatic nitrogens is 2. The number of ketones is 1. The molecule has 0 spiro atoms. The van der Waals surface area contributed by atoms with Crippen LogP contribution in [0.4, 0.5) is 10.2 Å². The molecule has 130 valence electrons. The van der Waals surface area contributed by atoms with Gasteiger partial charge in [0.1, 0.15) is 10.8 Å². The third-order valence-electron chi connectivity index (χ3n) is 3.42. The lowest BCUT2D eigenvalue weighted by Gasteiger charge is -2.05. The summed E-state index contributed by atoms with van der Waals surface area (Å²) in [6.45, 7) is 0. The molecule has 0 saturated carbocycles. The Kier molecular flexibility index (Phi) is 5.70. The Bertz CT molecular complexity index is 918. The van der Waals surface area contributed by atoms with E-state index in [1.54, 1.807) is 24.3 Å².